The highest BCUT2D eigenvalue weighted by Gasteiger charge is 2.46. The summed E-state index contributed by atoms with van der Waals surface area (Å²) in [5.41, 5.74) is 2.18. The van der Waals surface area contributed by atoms with E-state index in [0.29, 0.717) is 54.6 Å². The van der Waals surface area contributed by atoms with Gasteiger partial charge in [0.25, 0.3) is 11.7 Å². The summed E-state index contributed by atoms with van der Waals surface area (Å²) in [6, 6.07) is 21.3. The first-order valence-electron chi connectivity index (χ1n) is 14.3. The lowest BCUT2D eigenvalue weighted by Gasteiger charge is -2.26. The minimum Gasteiger partial charge on any atom is -0.507 e. The summed E-state index contributed by atoms with van der Waals surface area (Å²) in [7, 11) is 1.56. The molecule has 1 unspecified atom stereocenters. The predicted octanol–water partition coefficient (Wildman–Crippen LogP) is 6.72. The van der Waals surface area contributed by atoms with Gasteiger partial charge in [0.1, 0.15) is 11.5 Å². The number of likely N-dealkylation sites (tertiary alicyclic amines) is 1. The average Bonchev–Trinajstić information content (AvgIpc) is 3.26. The molecule has 0 radical (unpaired) electrons. The van der Waals surface area contributed by atoms with Crippen LogP contribution in [0.1, 0.15) is 62.3 Å². The van der Waals surface area contributed by atoms with Crippen molar-refractivity contribution in [1.29, 1.82) is 0 Å². The minimum absolute atomic E-state index is 0.0453. The highest BCUT2D eigenvalue weighted by Crippen LogP contribution is 2.42. The molecule has 1 saturated heterocycles. The molecule has 0 spiro atoms. The van der Waals surface area contributed by atoms with Crippen molar-refractivity contribution in [3.05, 3.63) is 95.1 Å². The van der Waals surface area contributed by atoms with E-state index in [-0.39, 0.29) is 11.3 Å². The number of ketones is 1. The number of rotatable bonds is 14. The third-order valence-corrected chi connectivity index (χ3v) is 7.13. The topological polar surface area (TPSA) is 85.3 Å². The van der Waals surface area contributed by atoms with E-state index in [1.165, 1.54) is 4.90 Å². The van der Waals surface area contributed by atoms with Gasteiger partial charge >= 0.3 is 0 Å². The Morgan fingerprint density at radius 2 is 1.61 bits per heavy atom. The van der Waals surface area contributed by atoms with Crippen LogP contribution in [0.5, 0.6) is 17.2 Å². The smallest absolute Gasteiger partial charge is 0.295 e. The van der Waals surface area contributed by atoms with Crippen LogP contribution in [0.2, 0.25) is 0 Å². The number of Topliss-reactive ketones (excluding diaryl/α,β-unsaturated/α-hetero) is 1. The summed E-state index contributed by atoms with van der Waals surface area (Å²) in [6.07, 6.45) is 4.53. The first-order chi connectivity index (χ1) is 20.0. The van der Waals surface area contributed by atoms with Crippen LogP contribution in [0.15, 0.2) is 78.4 Å². The zero-order valence-corrected chi connectivity index (χ0v) is 24.1. The van der Waals surface area contributed by atoms with E-state index >= 15 is 0 Å². The van der Waals surface area contributed by atoms with Crippen LogP contribution >= 0.6 is 0 Å². The Balaban J connectivity index is 1.72. The summed E-state index contributed by atoms with van der Waals surface area (Å²) >= 11 is 0. The quantitative estimate of drug-likeness (QED) is 0.103. The molecule has 1 fully saturated rings. The molecule has 3 aromatic carbocycles. The summed E-state index contributed by atoms with van der Waals surface area (Å²) in [4.78, 5) is 28.4. The molecule has 3 aromatic rings. The van der Waals surface area contributed by atoms with E-state index in [9.17, 15) is 14.7 Å². The zero-order valence-electron chi connectivity index (χ0n) is 24.1. The largest absolute Gasteiger partial charge is 0.507 e. The van der Waals surface area contributed by atoms with Gasteiger partial charge in [-0.1, -0.05) is 63.1 Å². The van der Waals surface area contributed by atoms with Crippen LogP contribution in [-0.4, -0.2) is 48.6 Å². The van der Waals surface area contributed by atoms with Gasteiger partial charge in [-0.25, -0.2) is 0 Å². The van der Waals surface area contributed by atoms with Gasteiger partial charge in [0.15, 0.2) is 11.5 Å². The van der Waals surface area contributed by atoms with Gasteiger partial charge in [-0.3, -0.25) is 9.59 Å². The predicted molar refractivity (Wildman–Crippen MR) is 159 cm³/mol. The Labute approximate surface area is 242 Å². The van der Waals surface area contributed by atoms with E-state index in [2.05, 4.69) is 6.92 Å². The number of unbranched alkanes of at least 4 members (excludes halogenated alkanes) is 2. The van der Waals surface area contributed by atoms with Crippen molar-refractivity contribution < 1.29 is 28.9 Å². The fourth-order valence-corrected chi connectivity index (χ4v) is 4.94. The molecule has 1 amide bonds. The minimum atomic E-state index is -0.794. The molecule has 1 atom stereocenters. The lowest BCUT2D eigenvalue weighted by Crippen LogP contribution is -2.31. The highest BCUT2D eigenvalue weighted by atomic mass is 16.5. The lowest BCUT2D eigenvalue weighted by atomic mass is 9.94. The van der Waals surface area contributed by atoms with Gasteiger partial charge in [0.2, 0.25) is 0 Å². The Morgan fingerprint density at radius 3 is 2.29 bits per heavy atom. The number of amides is 1. The molecule has 1 aliphatic heterocycles. The van der Waals surface area contributed by atoms with E-state index < -0.39 is 17.7 Å². The summed E-state index contributed by atoms with van der Waals surface area (Å²) in [5, 5.41) is 11.4. The standard InChI is InChI=1S/C34H39NO6/c1-4-6-10-22-41-28-18-15-26(23-29(28)39-3)31-30(32(36)25-13-16-27(17-14-25)40-21-5-2)33(37)34(38)35(31)20-19-24-11-8-7-9-12-24/h7-9,11-18,23,31,36H,4-6,10,19-22H2,1-3H3. The molecule has 0 bridgehead atoms. The summed E-state index contributed by atoms with van der Waals surface area (Å²) in [5.74, 6) is 0.181. The molecule has 7 nitrogen and oxygen atoms in total. The number of hydrogen-bond acceptors (Lipinski definition) is 6. The lowest BCUT2D eigenvalue weighted by molar-refractivity contribution is -0.139. The number of ether oxygens (including phenoxy) is 3. The highest BCUT2D eigenvalue weighted by molar-refractivity contribution is 6.46. The molecule has 1 aliphatic rings. The number of carbonyl (C=O) groups excluding carboxylic acids is 2. The maximum atomic E-state index is 13.5. The molecular formula is C34H39NO6. The second kappa shape index (κ2) is 14.4. The molecule has 7 heteroatoms. The first-order valence-corrected chi connectivity index (χ1v) is 14.3. The van der Waals surface area contributed by atoms with Gasteiger partial charge in [0.05, 0.1) is 31.9 Å². The molecule has 41 heavy (non-hydrogen) atoms. The van der Waals surface area contributed by atoms with E-state index in [0.717, 1.165) is 31.2 Å². The SMILES string of the molecule is CCCCCOc1ccc(C2C(=C(O)c3ccc(OCCC)cc3)C(=O)C(=O)N2CCc2ccccc2)cc1OC. The number of methoxy groups -OCH3 is 1. The Hall–Kier alpha value is -4.26. The zero-order chi connectivity index (χ0) is 29.2. The fourth-order valence-electron chi connectivity index (χ4n) is 4.94. The maximum Gasteiger partial charge on any atom is 0.295 e. The van der Waals surface area contributed by atoms with Crippen molar-refractivity contribution in [3.8, 4) is 17.2 Å². The number of benzene rings is 3. The molecule has 0 aliphatic carbocycles. The van der Waals surface area contributed by atoms with Crippen molar-refractivity contribution in [2.24, 2.45) is 0 Å². The van der Waals surface area contributed by atoms with Crippen molar-refractivity contribution in [2.45, 2.75) is 52.0 Å². The van der Waals surface area contributed by atoms with Crippen molar-refractivity contribution in [2.75, 3.05) is 26.9 Å². The second-order valence-electron chi connectivity index (χ2n) is 10.1. The molecule has 0 aromatic heterocycles. The second-order valence-corrected chi connectivity index (χ2v) is 10.1. The molecule has 1 heterocycles. The third-order valence-electron chi connectivity index (χ3n) is 7.13. The van der Waals surface area contributed by atoms with Gasteiger partial charge in [-0.15, -0.1) is 0 Å². The number of carbonyl (C=O) groups is 2. The van der Waals surface area contributed by atoms with Crippen molar-refractivity contribution in [1.82, 2.24) is 4.90 Å². The fraction of sp³-hybridized carbons (Fsp3) is 0.353. The van der Waals surface area contributed by atoms with Crippen LogP contribution in [0.3, 0.4) is 0 Å². The monoisotopic (exact) mass is 557 g/mol. The molecular weight excluding hydrogens is 518 g/mol. The Kier molecular flexibility index (Phi) is 10.4. The Bertz CT molecular complexity index is 1350. The van der Waals surface area contributed by atoms with Gasteiger partial charge < -0.3 is 24.2 Å². The van der Waals surface area contributed by atoms with Crippen LogP contribution in [0, 0.1) is 0 Å². The van der Waals surface area contributed by atoms with Gasteiger partial charge in [-0.2, -0.15) is 0 Å². The molecule has 0 saturated carbocycles. The maximum absolute atomic E-state index is 13.5. The number of aliphatic hydroxyl groups excluding tert-OH is 1. The van der Waals surface area contributed by atoms with Gasteiger partial charge in [0, 0.05) is 12.1 Å². The average molecular weight is 558 g/mol. The summed E-state index contributed by atoms with van der Waals surface area (Å²) < 4.78 is 17.3. The molecule has 4 rings (SSSR count). The van der Waals surface area contributed by atoms with Crippen LogP contribution in [0.25, 0.3) is 5.76 Å². The molecule has 216 valence electrons. The Morgan fingerprint density at radius 1 is 0.854 bits per heavy atom. The molecule has 1 N–H and O–H groups in total. The van der Waals surface area contributed by atoms with E-state index in [1.807, 2.05) is 43.3 Å². The number of hydrogen-bond donors (Lipinski definition) is 1. The van der Waals surface area contributed by atoms with E-state index in [1.54, 1.807) is 43.5 Å². The third kappa shape index (κ3) is 7.09. The first kappa shape index (κ1) is 29.7. The van der Waals surface area contributed by atoms with E-state index in [4.69, 9.17) is 14.2 Å². The van der Waals surface area contributed by atoms with Crippen molar-refractivity contribution >= 4 is 17.4 Å². The van der Waals surface area contributed by atoms with Crippen LogP contribution in [-0.2, 0) is 16.0 Å². The van der Waals surface area contributed by atoms with Gasteiger partial charge in [-0.05, 0) is 66.8 Å². The number of nitrogens with zero attached hydrogens (tertiary/aromatic N) is 1. The van der Waals surface area contributed by atoms with Crippen LogP contribution in [0.4, 0.5) is 0 Å². The van der Waals surface area contributed by atoms with Crippen molar-refractivity contribution in [3.63, 3.8) is 0 Å². The van der Waals surface area contributed by atoms with Crippen LogP contribution < -0.4 is 14.2 Å². The number of aliphatic hydroxyl groups is 1. The normalized spacial score (nSPS) is 16.2. The summed E-state index contributed by atoms with van der Waals surface area (Å²) in [6.45, 7) is 5.61.